The molecule has 0 N–H and O–H groups in total. The molecule has 0 fully saturated rings. The molecule has 0 saturated heterocycles. The fourth-order valence-corrected chi connectivity index (χ4v) is 2.65. The van der Waals surface area contributed by atoms with Gasteiger partial charge in [-0.15, -0.1) is 0 Å². The molecule has 28 heavy (non-hydrogen) atoms. The first-order valence-corrected chi connectivity index (χ1v) is 9.93. The van der Waals surface area contributed by atoms with Crippen molar-refractivity contribution in [3.8, 4) is 0 Å². The second-order valence-corrected chi connectivity index (χ2v) is 7.08. The molecule has 0 bridgehead atoms. The number of carbonyl (C=O) groups excluding carboxylic acids is 1. The molecule has 0 heterocycles. The molecule has 0 atom stereocenters. The number of hydrogen-bond acceptors (Lipinski definition) is 2. The van der Waals surface area contributed by atoms with Crippen molar-refractivity contribution in [1.82, 2.24) is 0 Å². The van der Waals surface area contributed by atoms with Gasteiger partial charge >= 0.3 is 24.0 Å². The Morgan fingerprint density at radius 3 is 1.46 bits per heavy atom. The first-order valence-electron chi connectivity index (χ1n) is 9.93. The van der Waals surface area contributed by atoms with E-state index in [2.05, 4.69) is 11.7 Å². The summed E-state index contributed by atoms with van der Waals surface area (Å²) in [6.45, 7) is -0.127. The monoisotopic (exact) mass is 424 g/mol. The minimum atomic E-state index is -6.42. The van der Waals surface area contributed by atoms with Crippen LogP contribution in [-0.2, 0) is 9.53 Å². The number of rotatable bonds is 16. The molecule has 0 radical (unpaired) electrons. The number of halogens is 7. The van der Waals surface area contributed by atoms with Crippen LogP contribution in [0.15, 0.2) is 0 Å². The van der Waals surface area contributed by atoms with E-state index >= 15 is 0 Å². The third-order valence-corrected chi connectivity index (χ3v) is 4.46. The van der Waals surface area contributed by atoms with Crippen LogP contribution in [0.1, 0.15) is 90.4 Å². The number of unbranched alkanes of at least 4 members (excludes halogenated alkanes) is 11. The lowest BCUT2D eigenvalue weighted by molar-refractivity contribution is -0.359. The van der Waals surface area contributed by atoms with Crippen LogP contribution >= 0.6 is 0 Å². The number of esters is 1. The van der Waals surface area contributed by atoms with E-state index in [1.165, 1.54) is 38.5 Å². The summed E-state index contributed by atoms with van der Waals surface area (Å²) in [5, 5.41) is 0. The smallest absolute Gasteiger partial charge is 0.459 e. The van der Waals surface area contributed by atoms with Crippen molar-refractivity contribution < 1.29 is 40.3 Å². The Kier molecular flexibility index (Phi) is 12.8. The number of hydrogen-bond donors (Lipinski definition) is 0. The van der Waals surface area contributed by atoms with Gasteiger partial charge in [-0.3, -0.25) is 4.79 Å². The maximum Gasteiger partial charge on any atom is 0.460 e. The Hall–Kier alpha value is -1.02. The molecule has 9 heteroatoms. The highest BCUT2D eigenvalue weighted by atomic mass is 19.4. The van der Waals surface area contributed by atoms with Crippen molar-refractivity contribution in [2.45, 2.75) is 108 Å². The Balaban J connectivity index is 3.73. The van der Waals surface area contributed by atoms with Crippen molar-refractivity contribution in [3.63, 3.8) is 0 Å². The molecular formula is C19H31F7O2. The highest BCUT2D eigenvalue weighted by Gasteiger charge is 2.73. The maximum atomic E-state index is 13.0. The van der Waals surface area contributed by atoms with Gasteiger partial charge in [-0.2, -0.15) is 30.7 Å². The quantitative estimate of drug-likeness (QED) is 0.146. The Morgan fingerprint density at radius 2 is 1.07 bits per heavy atom. The standard InChI is InChI=1S/C19H31F7O2/c1-2-3-4-5-6-7-8-9-10-11-12-13-14-16(27)28-15-17(20,21)18(22,23)19(24,25)26/h2-15H2,1H3. The van der Waals surface area contributed by atoms with Gasteiger partial charge in [-0.1, -0.05) is 77.6 Å². The first kappa shape index (κ1) is 27.0. The average molecular weight is 424 g/mol. The summed E-state index contributed by atoms with van der Waals surface area (Å²) in [6.07, 6.45) is 5.69. The summed E-state index contributed by atoms with van der Waals surface area (Å²) >= 11 is 0. The SMILES string of the molecule is CCCCCCCCCCCCCCC(=O)OCC(F)(F)C(F)(F)C(F)(F)F. The van der Waals surface area contributed by atoms with Gasteiger partial charge in [-0.25, -0.2) is 0 Å². The van der Waals surface area contributed by atoms with E-state index in [0.717, 1.165) is 25.7 Å². The fourth-order valence-electron chi connectivity index (χ4n) is 2.65. The van der Waals surface area contributed by atoms with Crippen LogP contribution in [0.2, 0.25) is 0 Å². The van der Waals surface area contributed by atoms with Crippen molar-refractivity contribution in [2.24, 2.45) is 0 Å². The predicted octanol–water partition coefficient (Wildman–Crippen LogP) is 7.45. The highest BCUT2D eigenvalue weighted by molar-refractivity contribution is 5.69. The van der Waals surface area contributed by atoms with E-state index in [1.807, 2.05) is 0 Å². The fraction of sp³-hybridized carbons (Fsp3) is 0.947. The Morgan fingerprint density at radius 1 is 0.679 bits per heavy atom. The summed E-state index contributed by atoms with van der Waals surface area (Å²) < 4.78 is 91.0. The largest absolute Gasteiger partial charge is 0.460 e. The molecule has 0 unspecified atom stereocenters. The van der Waals surface area contributed by atoms with Gasteiger partial charge in [0.2, 0.25) is 0 Å². The molecule has 0 aromatic rings. The summed E-state index contributed by atoms with van der Waals surface area (Å²) in [6, 6.07) is 0. The van der Waals surface area contributed by atoms with E-state index < -0.39 is 30.6 Å². The molecule has 168 valence electrons. The van der Waals surface area contributed by atoms with Gasteiger partial charge in [0.05, 0.1) is 0 Å². The van der Waals surface area contributed by atoms with Gasteiger partial charge in [0.1, 0.15) is 0 Å². The van der Waals surface area contributed by atoms with Crippen molar-refractivity contribution >= 4 is 5.97 Å². The topological polar surface area (TPSA) is 26.3 Å². The molecule has 0 aliphatic heterocycles. The minimum absolute atomic E-state index is 0.287. The van der Waals surface area contributed by atoms with E-state index in [4.69, 9.17) is 0 Å². The highest BCUT2D eigenvalue weighted by Crippen LogP contribution is 2.46. The Bertz CT molecular complexity index is 423. The number of alkyl halides is 7. The number of ether oxygens (including phenoxy) is 1. The molecule has 2 nitrogen and oxygen atoms in total. The van der Waals surface area contributed by atoms with Gasteiger partial charge in [0.15, 0.2) is 6.61 Å². The van der Waals surface area contributed by atoms with Crippen molar-refractivity contribution in [2.75, 3.05) is 6.61 Å². The van der Waals surface area contributed by atoms with E-state index in [0.29, 0.717) is 12.8 Å². The minimum Gasteiger partial charge on any atom is -0.459 e. The molecule has 0 aliphatic carbocycles. The molecular weight excluding hydrogens is 393 g/mol. The van der Waals surface area contributed by atoms with E-state index in [9.17, 15) is 35.5 Å². The molecule has 0 aliphatic rings. The van der Waals surface area contributed by atoms with Crippen LogP contribution in [0.5, 0.6) is 0 Å². The lowest BCUT2D eigenvalue weighted by Gasteiger charge is -2.27. The molecule has 0 aromatic heterocycles. The van der Waals surface area contributed by atoms with E-state index in [1.54, 1.807) is 0 Å². The second-order valence-electron chi connectivity index (χ2n) is 7.08. The van der Waals surface area contributed by atoms with Crippen LogP contribution in [0.25, 0.3) is 0 Å². The zero-order valence-corrected chi connectivity index (χ0v) is 16.4. The number of carbonyl (C=O) groups is 1. The second kappa shape index (κ2) is 13.2. The first-order chi connectivity index (χ1) is 13.0. The molecule has 0 spiro atoms. The van der Waals surface area contributed by atoms with Gasteiger partial charge in [0, 0.05) is 6.42 Å². The molecule has 0 rings (SSSR count). The van der Waals surface area contributed by atoms with Crippen molar-refractivity contribution in [3.05, 3.63) is 0 Å². The zero-order chi connectivity index (χ0) is 21.7. The maximum absolute atomic E-state index is 13.0. The van der Waals surface area contributed by atoms with Crippen LogP contribution in [0, 0.1) is 0 Å². The average Bonchev–Trinajstić information content (AvgIpc) is 2.60. The van der Waals surface area contributed by atoms with Crippen molar-refractivity contribution in [1.29, 1.82) is 0 Å². The molecule has 0 saturated carbocycles. The third-order valence-electron chi connectivity index (χ3n) is 4.46. The predicted molar refractivity (Wildman–Crippen MR) is 92.6 cm³/mol. The summed E-state index contributed by atoms with van der Waals surface area (Å²) in [7, 11) is 0. The zero-order valence-electron chi connectivity index (χ0n) is 16.4. The van der Waals surface area contributed by atoms with Gasteiger partial charge in [-0.05, 0) is 6.42 Å². The molecule has 0 aromatic carbocycles. The van der Waals surface area contributed by atoms with Crippen LogP contribution in [0.3, 0.4) is 0 Å². The summed E-state index contributed by atoms with van der Waals surface area (Å²) in [5.74, 6) is -13.0. The third kappa shape index (κ3) is 10.5. The van der Waals surface area contributed by atoms with Crippen LogP contribution in [0.4, 0.5) is 30.7 Å². The van der Waals surface area contributed by atoms with E-state index in [-0.39, 0.29) is 6.42 Å². The Labute approximate surface area is 162 Å². The summed E-state index contributed by atoms with van der Waals surface area (Å²) in [4.78, 5) is 11.3. The lowest BCUT2D eigenvalue weighted by atomic mass is 10.0. The normalized spacial score (nSPS) is 13.0. The van der Waals surface area contributed by atoms with Crippen LogP contribution < -0.4 is 0 Å². The van der Waals surface area contributed by atoms with Gasteiger partial charge in [0.25, 0.3) is 0 Å². The van der Waals surface area contributed by atoms with Gasteiger partial charge < -0.3 is 4.74 Å². The molecule has 0 amide bonds. The van der Waals surface area contributed by atoms with Crippen LogP contribution in [-0.4, -0.2) is 30.6 Å². The summed E-state index contributed by atoms with van der Waals surface area (Å²) in [5.41, 5.74) is 0. The lowest BCUT2D eigenvalue weighted by Crippen LogP contribution is -2.54.